The Labute approximate surface area is 184 Å². The van der Waals surface area contributed by atoms with E-state index in [1.54, 1.807) is 6.20 Å². The average Bonchev–Trinajstić information content (AvgIpc) is 3.28. The number of para-hydroxylation sites is 1. The minimum atomic E-state index is -0.222. The minimum absolute atomic E-state index is 0.00956. The van der Waals surface area contributed by atoms with Gasteiger partial charge in [0.05, 0.1) is 17.0 Å². The van der Waals surface area contributed by atoms with Crippen LogP contribution in [0, 0.1) is 6.92 Å². The molecule has 8 nitrogen and oxygen atoms in total. The number of likely N-dealkylation sites (tertiary alicyclic amines) is 1. The van der Waals surface area contributed by atoms with Gasteiger partial charge in [0, 0.05) is 30.9 Å². The van der Waals surface area contributed by atoms with Crippen molar-refractivity contribution in [2.45, 2.75) is 39.0 Å². The van der Waals surface area contributed by atoms with Gasteiger partial charge in [0.15, 0.2) is 0 Å². The highest BCUT2D eigenvalue weighted by Gasteiger charge is 2.28. The average molecular weight is 437 g/mol. The molecule has 1 fully saturated rings. The molecular formula is C22H24N6O2S. The normalized spacial score (nSPS) is 14.5. The highest BCUT2D eigenvalue weighted by Crippen LogP contribution is 2.28. The second-order valence-electron chi connectivity index (χ2n) is 7.52. The largest absolute Gasteiger partial charge is 0.338 e. The molecular weight excluding hydrogens is 412 g/mol. The lowest BCUT2D eigenvalue weighted by Crippen LogP contribution is -2.38. The van der Waals surface area contributed by atoms with Crippen LogP contribution < -0.4 is 5.32 Å². The number of hydrogen-bond donors (Lipinski definition) is 1. The van der Waals surface area contributed by atoms with E-state index in [-0.39, 0.29) is 17.7 Å². The van der Waals surface area contributed by atoms with Crippen LogP contribution in [0.4, 0.5) is 5.69 Å². The Morgan fingerprint density at radius 3 is 2.61 bits per heavy atom. The van der Waals surface area contributed by atoms with Gasteiger partial charge in [-0.15, -0.1) is 5.10 Å². The molecule has 0 spiro atoms. The molecule has 0 aliphatic carbocycles. The van der Waals surface area contributed by atoms with Crippen molar-refractivity contribution in [2.24, 2.45) is 0 Å². The Hall–Kier alpha value is -3.20. The van der Waals surface area contributed by atoms with Crippen LogP contribution in [0.25, 0.3) is 0 Å². The molecule has 0 unspecified atom stereocenters. The predicted octanol–water partition coefficient (Wildman–Crippen LogP) is 3.47. The second kappa shape index (κ2) is 9.30. The first-order chi connectivity index (χ1) is 15.1. The molecule has 31 heavy (non-hydrogen) atoms. The molecule has 0 radical (unpaired) electrons. The lowest BCUT2D eigenvalue weighted by Gasteiger charge is -2.31. The van der Waals surface area contributed by atoms with E-state index in [9.17, 15) is 9.59 Å². The Balaban J connectivity index is 1.39. The van der Waals surface area contributed by atoms with E-state index < -0.39 is 0 Å². The molecule has 9 heteroatoms. The quantitative estimate of drug-likeness (QED) is 0.657. The SMILES string of the molecule is CCc1nnsc1C(=O)N1CCC(c2ncc(C(=O)Nc3ccccc3)c(C)n2)CC1. The van der Waals surface area contributed by atoms with Crippen LogP contribution in [0.5, 0.6) is 0 Å². The lowest BCUT2D eigenvalue weighted by molar-refractivity contribution is 0.0714. The van der Waals surface area contributed by atoms with Crippen molar-refractivity contribution in [1.29, 1.82) is 0 Å². The smallest absolute Gasteiger partial charge is 0.267 e. The number of aromatic nitrogens is 4. The Morgan fingerprint density at radius 1 is 1.19 bits per heavy atom. The summed E-state index contributed by atoms with van der Waals surface area (Å²) in [5, 5.41) is 6.91. The molecule has 1 aromatic carbocycles. The molecule has 160 valence electrons. The summed E-state index contributed by atoms with van der Waals surface area (Å²) >= 11 is 1.16. The van der Waals surface area contributed by atoms with Crippen LogP contribution in [-0.2, 0) is 6.42 Å². The van der Waals surface area contributed by atoms with E-state index in [4.69, 9.17) is 0 Å². The number of amides is 2. The maximum Gasteiger partial charge on any atom is 0.267 e. The third-order valence-electron chi connectivity index (χ3n) is 5.51. The van der Waals surface area contributed by atoms with Gasteiger partial charge in [0.25, 0.3) is 11.8 Å². The number of carbonyl (C=O) groups is 2. The molecule has 1 aliphatic rings. The number of hydrogen-bond acceptors (Lipinski definition) is 7. The van der Waals surface area contributed by atoms with E-state index in [0.717, 1.165) is 41.6 Å². The molecule has 2 amide bonds. The van der Waals surface area contributed by atoms with E-state index in [1.165, 1.54) is 0 Å². The van der Waals surface area contributed by atoms with Crippen molar-refractivity contribution in [1.82, 2.24) is 24.5 Å². The summed E-state index contributed by atoms with van der Waals surface area (Å²) in [7, 11) is 0. The standard InChI is InChI=1S/C22H24N6O2S/c1-3-18-19(31-27-26-18)22(30)28-11-9-15(10-12-28)20-23-13-17(14(2)24-20)21(29)25-16-7-5-4-6-8-16/h4-8,13,15H,3,9-12H2,1-2H3,(H,25,29). The summed E-state index contributed by atoms with van der Waals surface area (Å²) in [5.41, 5.74) is 2.61. The molecule has 1 N–H and O–H groups in total. The monoisotopic (exact) mass is 436 g/mol. The van der Waals surface area contributed by atoms with Crippen LogP contribution in [0.1, 0.15) is 62.9 Å². The molecule has 2 aromatic heterocycles. The number of nitrogens with one attached hydrogen (secondary N) is 1. The number of piperidine rings is 1. The highest BCUT2D eigenvalue weighted by molar-refractivity contribution is 7.08. The summed E-state index contributed by atoms with van der Waals surface area (Å²) < 4.78 is 3.92. The van der Waals surface area contributed by atoms with Crippen molar-refractivity contribution in [3.05, 3.63) is 64.2 Å². The molecule has 1 saturated heterocycles. The van der Waals surface area contributed by atoms with Crippen LogP contribution in [-0.4, -0.2) is 49.4 Å². The maximum atomic E-state index is 12.8. The van der Waals surface area contributed by atoms with Crippen molar-refractivity contribution in [2.75, 3.05) is 18.4 Å². The van der Waals surface area contributed by atoms with Crippen molar-refractivity contribution in [3.63, 3.8) is 0 Å². The number of benzene rings is 1. The van der Waals surface area contributed by atoms with Gasteiger partial charge < -0.3 is 10.2 Å². The van der Waals surface area contributed by atoms with Crippen molar-refractivity contribution in [3.8, 4) is 0 Å². The molecule has 3 heterocycles. The summed E-state index contributed by atoms with van der Waals surface area (Å²) in [6, 6.07) is 9.31. The number of anilines is 1. The number of aryl methyl sites for hydroxylation is 2. The summed E-state index contributed by atoms with van der Waals surface area (Å²) in [6.07, 6.45) is 3.87. The van der Waals surface area contributed by atoms with Gasteiger partial charge in [-0.3, -0.25) is 9.59 Å². The third-order valence-corrected chi connectivity index (χ3v) is 6.26. The van der Waals surface area contributed by atoms with Gasteiger partial charge in [0.1, 0.15) is 10.7 Å². The fourth-order valence-corrected chi connectivity index (χ4v) is 4.43. The van der Waals surface area contributed by atoms with Gasteiger partial charge in [-0.05, 0) is 49.9 Å². The third kappa shape index (κ3) is 4.61. The summed E-state index contributed by atoms with van der Waals surface area (Å²) in [4.78, 5) is 36.9. The zero-order valence-electron chi connectivity index (χ0n) is 17.5. The molecule has 1 aliphatic heterocycles. The molecule has 4 rings (SSSR count). The second-order valence-corrected chi connectivity index (χ2v) is 8.27. The van der Waals surface area contributed by atoms with E-state index in [0.29, 0.717) is 35.6 Å². The topological polar surface area (TPSA) is 101 Å². The number of carbonyl (C=O) groups excluding carboxylic acids is 2. The highest BCUT2D eigenvalue weighted by atomic mass is 32.1. The fraction of sp³-hybridized carbons (Fsp3) is 0.364. The van der Waals surface area contributed by atoms with Gasteiger partial charge in [-0.1, -0.05) is 29.6 Å². The lowest BCUT2D eigenvalue weighted by atomic mass is 9.95. The molecule has 3 aromatic rings. The van der Waals surface area contributed by atoms with E-state index in [2.05, 4.69) is 24.9 Å². The summed E-state index contributed by atoms with van der Waals surface area (Å²) in [5.74, 6) is 0.685. The Bertz CT molecular complexity index is 1080. The zero-order valence-corrected chi connectivity index (χ0v) is 18.4. The molecule has 0 bridgehead atoms. The first-order valence-corrected chi connectivity index (χ1v) is 11.1. The van der Waals surface area contributed by atoms with Gasteiger partial charge >= 0.3 is 0 Å². The Kier molecular flexibility index (Phi) is 6.31. The van der Waals surface area contributed by atoms with Crippen LogP contribution in [0.15, 0.2) is 36.5 Å². The van der Waals surface area contributed by atoms with E-state index >= 15 is 0 Å². The fourth-order valence-electron chi connectivity index (χ4n) is 3.71. The van der Waals surface area contributed by atoms with E-state index in [1.807, 2.05) is 49.1 Å². The van der Waals surface area contributed by atoms with Crippen molar-refractivity contribution < 1.29 is 9.59 Å². The Morgan fingerprint density at radius 2 is 1.94 bits per heavy atom. The van der Waals surface area contributed by atoms with Crippen LogP contribution in [0.2, 0.25) is 0 Å². The minimum Gasteiger partial charge on any atom is -0.338 e. The van der Waals surface area contributed by atoms with Gasteiger partial charge in [0.2, 0.25) is 0 Å². The van der Waals surface area contributed by atoms with Gasteiger partial charge in [-0.2, -0.15) is 0 Å². The van der Waals surface area contributed by atoms with Gasteiger partial charge in [-0.25, -0.2) is 9.97 Å². The van der Waals surface area contributed by atoms with Crippen LogP contribution in [0.3, 0.4) is 0 Å². The first kappa shape index (κ1) is 21.0. The zero-order chi connectivity index (χ0) is 21.8. The van der Waals surface area contributed by atoms with Crippen LogP contribution >= 0.6 is 11.5 Å². The first-order valence-electron chi connectivity index (χ1n) is 10.4. The number of rotatable bonds is 5. The number of nitrogens with zero attached hydrogens (tertiary/aromatic N) is 5. The summed E-state index contributed by atoms with van der Waals surface area (Å²) in [6.45, 7) is 5.09. The van der Waals surface area contributed by atoms with Crippen molar-refractivity contribution >= 4 is 29.0 Å². The predicted molar refractivity (Wildman–Crippen MR) is 118 cm³/mol. The molecule has 0 atom stereocenters. The maximum absolute atomic E-state index is 12.8. The molecule has 0 saturated carbocycles.